The Labute approximate surface area is 117 Å². The Hall–Kier alpha value is -1.62. The molecule has 0 bridgehead atoms. The molecule has 0 unspecified atom stereocenters. The second kappa shape index (κ2) is 6.52. The van der Waals surface area contributed by atoms with Crippen LogP contribution >= 0.6 is 11.6 Å². The van der Waals surface area contributed by atoms with Gasteiger partial charge in [0.25, 0.3) is 0 Å². The van der Waals surface area contributed by atoms with Crippen LogP contribution in [0.1, 0.15) is 32.6 Å². The van der Waals surface area contributed by atoms with Crippen LogP contribution in [0.15, 0.2) is 18.2 Å². The summed E-state index contributed by atoms with van der Waals surface area (Å²) < 4.78 is 1.80. The summed E-state index contributed by atoms with van der Waals surface area (Å²) in [5.41, 5.74) is 7.38. The Morgan fingerprint density at radius 1 is 1.26 bits per heavy atom. The molecule has 0 saturated carbocycles. The fraction of sp³-hybridized carbons (Fsp3) is 0.462. The van der Waals surface area contributed by atoms with Gasteiger partial charge in [0, 0.05) is 22.8 Å². The molecule has 19 heavy (non-hydrogen) atoms. The van der Waals surface area contributed by atoms with E-state index < -0.39 is 0 Å². The molecule has 1 aromatic heterocycles. The molecular weight excluding hydrogens is 262 g/mol. The summed E-state index contributed by atoms with van der Waals surface area (Å²) in [6.07, 6.45) is 4.71. The van der Waals surface area contributed by atoms with Crippen molar-refractivity contribution in [2.75, 3.05) is 5.73 Å². The van der Waals surface area contributed by atoms with Gasteiger partial charge in [0.1, 0.15) is 0 Å². The van der Waals surface area contributed by atoms with Gasteiger partial charge in [-0.2, -0.15) is 0 Å². The van der Waals surface area contributed by atoms with E-state index in [4.69, 9.17) is 17.3 Å². The molecule has 0 saturated heterocycles. The zero-order valence-electron chi connectivity index (χ0n) is 11.0. The first kappa shape index (κ1) is 13.8. The van der Waals surface area contributed by atoms with Crippen molar-refractivity contribution >= 4 is 17.3 Å². The Balaban J connectivity index is 2.14. The van der Waals surface area contributed by atoms with Gasteiger partial charge in [-0.05, 0) is 35.0 Å². The molecule has 0 fully saturated rings. The van der Waals surface area contributed by atoms with Gasteiger partial charge in [-0.15, -0.1) is 5.10 Å². The Morgan fingerprint density at radius 3 is 2.84 bits per heavy atom. The number of anilines is 1. The summed E-state index contributed by atoms with van der Waals surface area (Å²) >= 11 is 5.90. The topological polar surface area (TPSA) is 69.6 Å². The predicted octanol–water partition coefficient (Wildman–Crippen LogP) is 3.16. The summed E-state index contributed by atoms with van der Waals surface area (Å²) in [4.78, 5) is 0. The molecule has 0 aliphatic carbocycles. The van der Waals surface area contributed by atoms with Crippen LogP contribution in [-0.2, 0) is 6.54 Å². The van der Waals surface area contributed by atoms with Crippen LogP contribution in [0.4, 0.5) is 5.69 Å². The lowest BCUT2D eigenvalue weighted by Crippen LogP contribution is -2.04. The van der Waals surface area contributed by atoms with E-state index in [1.807, 2.05) is 6.07 Å². The van der Waals surface area contributed by atoms with Gasteiger partial charge < -0.3 is 5.73 Å². The molecule has 6 heteroatoms. The first-order chi connectivity index (χ1) is 9.22. The van der Waals surface area contributed by atoms with Gasteiger partial charge in [0.15, 0.2) is 5.82 Å². The van der Waals surface area contributed by atoms with Crippen molar-refractivity contribution in [3.63, 3.8) is 0 Å². The van der Waals surface area contributed by atoms with Crippen LogP contribution in [0, 0.1) is 0 Å². The highest BCUT2D eigenvalue weighted by Gasteiger charge is 2.11. The van der Waals surface area contributed by atoms with Crippen molar-refractivity contribution in [3.8, 4) is 11.4 Å². The van der Waals surface area contributed by atoms with E-state index >= 15 is 0 Å². The highest BCUT2D eigenvalue weighted by Crippen LogP contribution is 2.26. The second-order valence-corrected chi connectivity index (χ2v) is 4.95. The van der Waals surface area contributed by atoms with Crippen molar-refractivity contribution in [3.05, 3.63) is 23.2 Å². The second-order valence-electron chi connectivity index (χ2n) is 4.52. The highest BCUT2D eigenvalue weighted by molar-refractivity contribution is 6.31. The summed E-state index contributed by atoms with van der Waals surface area (Å²) in [5, 5.41) is 12.4. The minimum atomic E-state index is 0.595. The normalized spacial score (nSPS) is 10.8. The molecule has 0 radical (unpaired) electrons. The van der Waals surface area contributed by atoms with E-state index in [0.29, 0.717) is 16.5 Å². The summed E-state index contributed by atoms with van der Waals surface area (Å²) in [6, 6.07) is 5.36. The van der Waals surface area contributed by atoms with E-state index in [-0.39, 0.29) is 0 Å². The fourth-order valence-electron chi connectivity index (χ4n) is 1.97. The van der Waals surface area contributed by atoms with Gasteiger partial charge in [-0.1, -0.05) is 37.8 Å². The molecule has 2 rings (SSSR count). The Kier molecular flexibility index (Phi) is 4.74. The SMILES string of the molecule is CCCCCCn1nnnc1-c1ccc(Cl)cc1N. The number of aromatic nitrogens is 4. The molecular formula is C13H18ClN5. The quantitative estimate of drug-likeness (QED) is 0.651. The molecule has 5 nitrogen and oxygen atoms in total. The maximum absolute atomic E-state index is 5.96. The number of nitrogens with two attached hydrogens (primary N) is 1. The molecule has 0 spiro atoms. The molecule has 102 valence electrons. The molecule has 0 aliphatic heterocycles. The minimum Gasteiger partial charge on any atom is -0.398 e. The first-order valence-corrected chi connectivity index (χ1v) is 6.91. The average Bonchev–Trinajstić information content (AvgIpc) is 2.83. The number of hydrogen-bond donors (Lipinski definition) is 1. The van der Waals surface area contributed by atoms with Crippen LogP contribution in [0.25, 0.3) is 11.4 Å². The highest BCUT2D eigenvalue weighted by atomic mass is 35.5. The summed E-state index contributed by atoms with van der Waals surface area (Å²) in [6.45, 7) is 3.00. The van der Waals surface area contributed by atoms with E-state index in [1.165, 1.54) is 19.3 Å². The molecule has 0 aliphatic rings. The maximum Gasteiger partial charge on any atom is 0.184 e. The third kappa shape index (κ3) is 3.44. The standard InChI is InChI=1S/C13H18ClN5/c1-2-3-4-5-8-19-13(16-17-18-19)11-7-6-10(14)9-12(11)15/h6-7,9H,2-5,8,15H2,1H3. The Bertz CT molecular complexity index is 538. The minimum absolute atomic E-state index is 0.595. The number of nitrogen functional groups attached to an aromatic ring is 1. The van der Waals surface area contributed by atoms with Gasteiger partial charge in [0.05, 0.1) is 0 Å². The molecule has 1 aromatic carbocycles. The van der Waals surface area contributed by atoms with Crippen molar-refractivity contribution in [2.24, 2.45) is 0 Å². The van der Waals surface area contributed by atoms with E-state index in [0.717, 1.165) is 18.5 Å². The van der Waals surface area contributed by atoms with Crippen LogP contribution in [-0.4, -0.2) is 20.2 Å². The van der Waals surface area contributed by atoms with E-state index in [1.54, 1.807) is 16.8 Å². The number of hydrogen-bond acceptors (Lipinski definition) is 4. The molecule has 0 atom stereocenters. The number of tetrazole rings is 1. The van der Waals surface area contributed by atoms with Gasteiger partial charge in [0.2, 0.25) is 0 Å². The zero-order valence-corrected chi connectivity index (χ0v) is 11.8. The Morgan fingerprint density at radius 2 is 2.11 bits per heavy atom. The monoisotopic (exact) mass is 279 g/mol. The van der Waals surface area contributed by atoms with E-state index in [9.17, 15) is 0 Å². The number of rotatable bonds is 6. The van der Waals surface area contributed by atoms with Crippen LogP contribution in [0.5, 0.6) is 0 Å². The number of nitrogens with zero attached hydrogens (tertiary/aromatic N) is 4. The van der Waals surface area contributed by atoms with E-state index in [2.05, 4.69) is 22.4 Å². The van der Waals surface area contributed by atoms with Gasteiger partial charge >= 0.3 is 0 Å². The third-order valence-electron chi connectivity index (χ3n) is 3.01. The lowest BCUT2D eigenvalue weighted by Gasteiger charge is -2.07. The smallest absolute Gasteiger partial charge is 0.184 e. The van der Waals surface area contributed by atoms with Crippen molar-refractivity contribution in [1.29, 1.82) is 0 Å². The lowest BCUT2D eigenvalue weighted by molar-refractivity contribution is 0.531. The number of halogens is 1. The van der Waals surface area contributed by atoms with Crippen molar-refractivity contribution in [1.82, 2.24) is 20.2 Å². The van der Waals surface area contributed by atoms with Gasteiger partial charge in [-0.3, -0.25) is 0 Å². The lowest BCUT2D eigenvalue weighted by atomic mass is 10.1. The average molecular weight is 280 g/mol. The molecule has 1 heterocycles. The van der Waals surface area contributed by atoms with Gasteiger partial charge in [-0.25, -0.2) is 4.68 Å². The van der Waals surface area contributed by atoms with Crippen molar-refractivity contribution in [2.45, 2.75) is 39.2 Å². The predicted molar refractivity (Wildman–Crippen MR) is 76.8 cm³/mol. The molecule has 2 aromatic rings. The van der Waals surface area contributed by atoms with Crippen LogP contribution in [0.2, 0.25) is 5.02 Å². The zero-order chi connectivity index (χ0) is 13.7. The largest absolute Gasteiger partial charge is 0.398 e. The summed E-state index contributed by atoms with van der Waals surface area (Å²) in [7, 11) is 0. The van der Waals surface area contributed by atoms with Crippen molar-refractivity contribution < 1.29 is 0 Å². The third-order valence-corrected chi connectivity index (χ3v) is 3.24. The number of aryl methyl sites for hydroxylation is 1. The van der Waals surface area contributed by atoms with Crippen LogP contribution in [0.3, 0.4) is 0 Å². The number of benzene rings is 1. The first-order valence-electron chi connectivity index (χ1n) is 6.54. The maximum atomic E-state index is 5.96. The van der Waals surface area contributed by atoms with Crippen LogP contribution < -0.4 is 5.73 Å². The fourth-order valence-corrected chi connectivity index (χ4v) is 2.15. The summed E-state index contributed by atoms with van der Waals surface area (Å²) in [5.74, 6) is 0.700. The molecule has 0 amide bonds. The molecule has 2 N–H and O–H groups in total. The number of unbranched alkanes of at least 4 members (excludes halogenated alkanes) is 3.